The monoisotopic (exact) mass is 432 g/mol. The lowest BCUT2D eigenvalue weighted by molar-refractivity contribution is 0.0767. The van der Waals surface area contributed by atoms with Crippen LogP contribution in [-0.4, -0.2) is 61.7 Å². The third kappa shape index (κ3) is 3.70. The zero-order chi connectivity index (χ0) is 20.7. The SMILES string of the molecule is COc1cc(C(=O)N2C[C@@H]3CN(C)[C@@H](c4ccccc4C)[C@@H]3C2)cc(OC)c1O.Cl. The second-order valence-electron chi connectivity index (χ2n) is 8.10. The standard InChI is InChI=1S/C23H28N2O4.ClH/c1-14-7-5-6-8-17(14)21-18-13-25(12-16(18)11-24(21)2)23(27)15-9-19(28-3)22(26)20(10-15)29-4;/h5-10,16,18,21,26H,11-13H2,1-4H3;1H/t16-,18+,21-;/m0./s1. The van der Waals surface area contributed by atoms with E-state index in [1.54, 1.807) is 12.1 Å². The van der Waals surface area contributed by atoms with Gasteiger partial charge in [-0.3, -0.25) is 9.69 Å². The van der Waals surface area contributed by atoms with Crippen molar-refractivity contribution in [3.63, 3.8) is 0 Å². The molecule has 2 fully saturated rings. The van der Waals surface area contributed by atoms with Gasteiger partial charge < -0.3 is 19.5 Å². The highest BCUT2D eigenvalue weighted by Gasteiger charge is 2.47. The molecule has 1 N–H and O–H groups in total. The molecule has 7 heteroatoms. The van der Waals surface area contributed by atoms with Gasteiger partial charge in [0.05, 0.1) is 14.2 Å². The molecule has 0 bridgehead atoms. The first-order chi connectivity index (χ1) is 13.9. The molecule has 3 atom stereocenters. The summed E-state index contributed by atoms with van der Waals surface area (Å²) in [6, 6.07) is 12.0. The smallest absolute Gasteiger partial charge is 0.254 e. The van der Waals surface area contributed by atoms with E-state index in [1.807, 2.05) is 4.90 Å². The van der Waals surface area contributed by atoms with Gasteiger partial charge in [-0.25, -0.2) is 0 Å². The van der Waals surface area contributed by atoms with Gasteiger partial charge in [-0.2, -0.15) is 0 Å². The number of hydrogen-bond donors (Lipinski definition) is 1. The summed E-state index contributed by atoms with van der Waals surface area (Å²) in [7, 11) is 5.11. The molecule has 2 aromatic rings. The van der Waals surface area contributed by atoms with Crippen LogP contribution in [-0.2, 0) is 0 Å². The summed E-state index contributed by atoms with van der Waals surface area (Å²) in [6.07, 6.45) is 0. The summed E-state index contributed by atoms with van der Waals surface area (Å²) >= 11 is 0. The average molecular weight is 433 g/mol. The van der Waals surface area contributed by atoms with E-state index < -0.39 is 0 Å². The molecule has 2 aliphatic rings. The second kappa shape index (κ2) is 8.74. The van der Waals surface area contributed by atoms with Gasteiger partial charge in [0.2, 0.25) is 5.75 Å². The summed E-state index contributed by atoms with van der Waals surface area (Å²) < 4.78 is 10.4. The number of carbonyl (C=O) groups is 1. The Hall–Kier alpha value is -2.44. The average Bonchev–Trinajstić information content (AvgIpc) is 3.25. The normalized spacial score (nSPS) is 23.1. The first kappa shape index (κ1) is 22.2. The maximum Gasteiger partial charge on any atom is 0.254 e. The highest BCUT2D eigenvalue weighted by Crippen LogP contribution is 2.45. The Balaban J connectivity index is 0.00000256. The number of nitrogens with zero attached hydrogens (tertiary/aromatic N) is 2. The van der Waals surface area contributed by atoms with Crippen LogP contribution in [0.25, 0.3) is 0 Å². The Kier molecular flexibility index (Phi) is 6.48. The van der Waals surface area contributed by atoms with Crippen LogP contribution in [0.3, 0.4) is 0 Å². The number of fused-ring (bicyclic) bond motifs is 1. The molecule has 2 saturated heterocycles. The molecule has 162 valence electrons. The summed E-state index contributed by atoms with van der Waals surface area (Å²) in [6.45, 7) is 4.60. The number of hydrogen-bond acceptors (Lipinski definition) is 5. The molecule has 0 aromatic heterocycles. The zero-order valence-electron chi connectivity index (χ0n) is 17.8. The van der Waals surface area contributed by atoms with Crippen LogP contribution in [0.15, 0.2) is 36.4 Å². The van der Waals surface area contributed by atoms with Gasteiger partial charge in [-0.15, -0.1) is 12.4 Å². The van der Waals surface area contributed by atoms with Crippen molar-refractivity contribution < 1.29 is 19.4 Å². The third-order valence-corrected chi connectivity index (χ3v) is 6.42. The molecule has 0 spiro atoms. The Morgan fingerprint density at radius 3 is 2.30 bits per heavy atom. The number of likely N-dealkylation sites (tertiary alicyclic amines) is 2. The predicted molar refractivity (Wildman–Crippen MR) is 118 cm³/mol. The molecule has 0 aliphatic carbocycles. The van der Waals surface area contributed by atoms with E-state index in [1.165, 1.54) is 25.3 Å². The van der Waals surface area contributed by atoms with Crippen LogP contribution in [0.4, 0.5) is 0 Å². The first-order valence-electron chi connectivity index (χ1n) is 9.94. The fraction of sp³-hybridized carbons (Fsp3) is 0.435. The van der Waals surface area contributed by atoms with E-state index in [4.69, 9.17) is 9.47 Å². The fourth-order valence-corrected chi connectivity index (χ4v) is 5.01. The lowest BCUT2D eigenvalue weighted by Gasteiger charge is -2.28. The van der Waals surface area contributed by atoms with Crippen LogP contribution >= 0.6 is 12.4 Å². The van der Waals surface area contributed by atoms with Crippen molar-refractivity contribution in [1.29, 1.82) is 0 Å². The van der Waals surface area contributed by atoms with Gasteiger partial charge in [0, 0.05) is 37.2 Å². The van der Waals surface area contributed by atoms with E-state index in [0.29, 0.717) is 23.4 Å². The Morgan fingerprint density at radius 2 is 1.70 bits per heavy atom. The summed E-state index contributed by atoms with van der Waals surface area (Å²) in [4.78, 5) is 17.6. The van der Waals surface area contributed by atoms with Gasteiger partial charge in [-0.1, -0.05) is 24.3 Å². The van der Waals surface area contributed by atoms with Crippen LogP contribution in [0.5, 0.6) is 17.2 Å². The molecule has 1 amide bonds. The van der Waals surface area contributed by atoms with Crippen LogP contribution in [0.2, 0.25) is 0 Å². The maximum absolute atomic E-state index is 13.2. The Morgan fingerprint density at radius 1 is 1.07 bits per heavy atom. The number of halogens is 1. The lowest BCUT2D eigenvalue weighted by Crippen LogP contribution is -2.33. The summed E-state index contributed by atoms with van der Waals surface area (Å²) in [5, 5.41) is 10.1. The van der Waals surface area contributed by atoms with Crippen LogP contribution < -0.4 is 9.47 Å². The van der Waals surface area contributed by atoms with Crippen molar-refractivity contribution in [1.82, 2.24) is 9.80 Å². The molecule has 0 radical (unpaired) electrons. The number of amides is 1. The minimum absolute atomic E-state index is 0. The topological polar surface area (TPSA) is 62.2 Å². The van der Waals surface area contributed by atoms with Gasteiger partial charge in [0.1, 0.15) is 0 Å². The minimum Gasteiger partial charge on any atom is -0.502 e. The van der Waals surface area contributed by atoms with Crippen molar-refractivity contribution in [2.75, 3.05) is 40.9 Å². The number of aromatic hydroxyl groups is 1. The van der Waals surface area contributed by atoms with Gasteiger partial charge in [0.15, 0.2) is 11.5 Å². The van der Waals surface area contributed by atoms with E-state index in [2.05, 4.69) is 43.1 Å². The summed E-state index contributed by atoms with van der Waals surface area (Å²) in [5.41, 5.74) is 3.12. The number of methoxy groups -OCH3 is 2. The molecular formula is C23H29ClN2O4. The highest BCUT2D eigenvalue weighted by molar-refractivity contribution is 5.96. The largest absolute Gasteiger partial charge is 0.502 e. The van der Waals surface area contributed by atoms with Gasteiger partial charge in [0.25, 0.3) is 5.91 Å². The van der Waals surface area contributed by atoms with E-state index >= 15 is 0 Å². The number of carbonyl (C=O) groups excluding carboxylic acids is 1. The van der Waals surface area contributed by atoms with Gasteiger partial charge >= 0.3 is 0 Å². The lowest BCUT2D eigenvalue weighted by atomic mass is 9.88. The van der Waals surface area contributed by atoms with Crippen molar-refractivity contribution in [2.45, 2.75) is 13.0 Å². The molecular weight excluding hydrogens is 404 g/mol. The number of ether oxygens (including phenoxy) is 2. The number of phenols is 1. The number of aryl methyl sites for hydroxylation is 1. The quantitative estimate of drug-likeness (QED) is 0.801. The third-order valence-electron chi connectivity index (χ3n) is 6.42. The van der Waals surface area contributed by atoms with E-state index in [9.17, 15) is 9.90 Å². The van der Waals surface area contributed by atoms with Crippen LogP contribution in [0, 0.1) is 18.8 Å². The van der Waals surface area contributed by atoms with E-state index in [-0.39, 0.29) is 35.6 Å². The number of rotatable bonds is 4. The molecule has 0 unspecified atom stereocenters. The molecule has 2 aromatic carbocycles. The van der Waals surface area contributed by atoms with E-state index in [0.717, 1.165) is 19.6 Å². The second-order valence-corrected chi connectivity index (χ2v) is 8.10. The molecule has 4 rings (SSSR count). The Labute approximate surface area is 183 Å². The Bertz CT molecular complexity index is 910. The zero-order valence-corrected chi connectivity index (χ0v) is 18.6. The minimum atomic E-state index is -0.0916. The summed E-state index contributed by atoms with van der Waals surface area (Å²) in [5.74, 6) is 1.20. The van der Waals surface area contributed by atoms with Crippen LogP contribution in [0.1, 0.15) is 27.5 Å². The predicted octanol–water partition coefficient (Wildman–Crippen LogP) is 3.51. The molecule has 6 nitrogen and oxygen atoms in total. The fourth-order valence-electron chi connectivity index (χ4n) is 5.01. The maximum atomic E-state index is 13.2. The number of phenolic OH excluding ortho intramolecular Hbond substituents is 1. The van der Waals surface area contributed by atoms with Crippen molar-refractivity contribution in [3.8, 4) is 17.2 Å². The van der Waals surface area contributed by atoms with Crippen molar-refractivity contribution in [3.05, 3.63) is 53.1 Å². The molecule has 30 heavy (non-hydrogen) atoms. The first-order valence-corrected chi connectivity index (χ1v) is 9.94. The van der Waals surface area contributed by atoms with Crippen molar-refractivity contribution in [2.24, 2.45) is 11.8 Å². The van der Waals surface area contributed by atoms with Gasteiger partial charge in [-0.05, 0) is 43.1 Å². The molecule has 2 heterocycles. The number of benzene rings is 2. The molecule has 2 aliphatic heterocycles. The molecule has 0 saturated carbocycles. The van der Waals surface area contributed by atoms with Crippen molar-refractivity contribution >= 4 is 18.3 Å². The highest BCUT2D eigenvalue weighted by atomic mass is 35.5.